The molecular formula is C11H19NO2. The van der Waals surface area contributed by atoms with E-state index < -0.39 is 5.97 Å². The van der Waals surface area contributed by atoms with Crippen molar-refractivity contribution in [1.29, 1.82) is 0 Å². The Morgan fingerprint density at radius 2 is 2.07 bits per heavy atom. The van der Waals surface area contributed by atoms with Gasteiger partial charge < -0.3 is 10.8 Å². The van der Waals surface area contributed by atoms with Crippen LogP contribution in [-0.2, 0) is 4.79 Å². The van der Waals surface area contributed by atoms with E-state index in [1.54, 1.807) is 0 Å². The molecule has 0 aromatic heterocycles. The molecule has 2 fully saturated rings. The highest BCUT2D eigenvalue weighted by atomic mass is 16.4. The lowest BCUT2D eigenvalue weighted by Crippen LogP contribution is -2.44. The van der Waals surface area contributed by atoms with Crippen molar-refractivity contribution in [1.82, 2.24) is 0 Å². The van der Waals surface area contributed by atoms with Crippen molar-refractivity contribution in [3.05, 3.63) is 0 Å². The van der Waals surface area contributed by atoms with E-state index in [1.807, 2.05) is 0 Å². The second kappa shape index (κ2) is 3.54. The molecule has 14 heavy (non-hydrogen) atoms. The Hall–Kier alpha value is -0.570. The lowest BCUT2D eigenvalue weighted by atomic mass is 9.56. The lowest BCUT2D eigenvalue weighted by Gasteiger charge is -2.49. The predicted octanol–water partition coefficient (Wildman–Crippen LogP) is 1.62. The minimum atomic E-state index is -0.687. The zero-order chi connectivity index (χ0) is 10.2. The molecule has 2 rings (SSSR count). The second-order valence-electron chi connectivity index (χ2n) is 5.11. The van der Waals surface area contributed by atoms with Crippen molar-refractivity contribution >= 4 is 5.97 Å². The van der Waals surface area contributed by atoms with Gasteiger partial charge in [0.2, 0.25) is 0 Å². The van der Waals surface area contributed by atoms with Crippen molar-refractivity contribution in [2.45, 2.75) is 38.5 Å². The molecule has 3 N–H and O–H groups in total. The maximum Gasteiger partial charge on any atom is 0.303 e. The van der Waals surface area contributed by atoms with Gasteiger partial charge in [0, 0.05) is 0 Å². The monoisotopic (exact) mass is 197 g/mol. The first-order chi connectivity index (χ1) is 6.65. The van der Waals surface area contributed by atoms with E-state index in [1.165, 1.54) is 19.3 Å². The molecule has 3 atom stereocenters. The van der Waals surface area contributed by atoms with Crippen molar-refractivity contribution in [2.75, 3.05) is 6.54 Å². The van der Waals surface area contributed by atoms with Crippen LogP contribution >= 0.6 is 0 Å². The molecule has 0 amide bonds. The standard InChI is InChI=1S/C11H19NO2/c12-7-11(6-10(13)14)4-3-8-1-2-9(8)5-11/h8-9H,1-7,12H2,(H,13,14). The van der Waals surface area contributed by atoms with Gasteiger partial charge in [-0.05, 0) is 55.9 Å². The van der Waals surface area contributed by atoms with E-state index in [9.17, 15) is 4.79 Å². The summed E-state index contributed by atoms with van der Waals surface area (Å²) in [7, 11) is 0. The van der Waals surface area contributed by atoms with Crippen LogP contribution in [0.4, 0.5) is 0 Å². The summed E-state index contributed by atoms with van der Waals surface area (Å²) in [6.07, 6.45) is 6.21. The van der Waals surface area contributed by atoms with E-state index >= 15 is 0 Å². The summed E-state index contributed by atoms with van der Waals surface area (Å²) in [5, 5.41) is 8.88. The largest absolute Gasteiger partial charge is 0.481 e. The minimum Gasteiger partial charge on any atom is -0.481 e. The molecule has 3 heteroatoms. The number of nitrogens with two attached hydrogens (primary N) is 1. The van der Waals surface area contributed by atoms with Crippen molar-refractivity contribution < 1.29 is 9.90 Å². The summed E-state index contributed by atoms with van der Waals surface area (Å²) in [4.78, 5) is 10.8. The van der Waals surface area contributed by atoms with Gasteiger partial charge in [0.25, 0.3) is 0 Å². The molecule has 0 aromatic rings. The van der Waals surface area contributed by atoms with Gasteiger partial charge >= 0.3 is 5.97 Å². The third-order valence-corrected chi connectivity index (χ3v) is 4.27. The fourth-order valence-electron chi connectivity index (χ4n) is 3.18. The smallest absolute Gasteiger partial charge is 0.303 e. The summed E-state index contributed by atoms with van der Waals surface area (Å²) in [5.74, 6) is 0.989. The summed E-state index contributed by atoms with van der Waals surface area (Å²) in [6.45, 7) is 0.544. The van der Waals surface area contributed by atoms with E-state index in [2.05, 4.69) is 0 Å². The topological polar surface area (TPSA) is 63.3 Å². The Morgan fingerprint density at radius 1 is 1.36 bits per heavy atom. The first-order valence-electron chi connectivity index (χ1n) is 5.57. The molecule has 80 valence electrons. The van der Waals surface area contributed by atoms with Gasteiger partial charge in [0.05, 0.1) is 6.42 Å². The molecule has 2 saturated carbocycles. The Bertz CT molecular complexity index is 241. The zero-order valence-corrected chi connectivity index (χ0v) is 8.54. The molecule has 0 bridgehead atoms. The van der Waals surface area contributed by atoms with Gasteiger partial charge in [-0.25, -0.2) is 0 Å². The van der Waals surface area contributed by atoms with E-state index in [0.717, 1.165) is 24.7 Å². The van der Waals surface area contributed by atoms with E-state index in [4.69, 9.17) is 10.8 Å². The van der Waals surface area contributed by atoms with Gasteiger partial charge in [0.15, 0.2) is 0 Å². The Labute approximate surface area is 84.7 Å². The molecular weight excluding hydrogens is 178 g/mol. The van der Waals surface area contributed by atoms with Gasteiger partial charge in [0.1, 0.15) is 0 Å². The van der Waals surface area contributed by atoms with Crippen LogP contribution in [0.5, 0.6) is 0 Å². The number of carboxylic acid groups (broad SMARTS) is 1. The van der Waals surface area contributed by atoms with Crippen molar-refractivity contribution in [3.8, 4) is 0 Å². The summed E-state index contributed by atoms with van der Waals surface area (Å²) >= 11 is 0. The highest BCUT2D eigenvalue weighted by Gasteiger charge is 2.44. The SMILES string of the molecule is NCC1(CC(=O)O)CCC2CCC2C1. The first-order valence-corrected chi connectivity index (χ1v) is 5.57. The van der Waals surface area contributed by atoms with Crippen LogP contribution in [0, 0.1) is 17.3 Å². The number of carbonyl (C=O) groups is 1. The Balaban J connectivity index is 2.01. The number of hydrogen-bond donors (Lipinski definition) is 2. The quantitative estimate of drug-likeness (QED) is 0.722. The van der Waals surface area contributed by atoms with Crippen molar-refractivity contribution in [3.63, 3.8) is 0 Å². The van der Waals surface area contributed by atoms with Gasteiger partial charge in [-0.3, -0.25) is 4.79 Å². The predicted molar refractivity (Wildman–Crippen MR) is 53.8 cm³/mol. The lowest BCUT2D eigenvalue weighted by molar-refractivity contribution is -0.141. The number of hydrogen-bond acceptors (Lipinski definition) is 2. The highest BCUT2D eigenvalue weighted by molar-refractivity contribution is 5.67. The van der Waals surface area contributed by atoms with Gasteiger partial charge in [-0.2, -0.15) is 0 Å². The van der Waals surface area contributed by atoms with Gasteiger partial charge in [-0.1, -0.05) is 0 Å². The Kier molecular flexibility index (Phi) is 2.52. The minimum absolute atomic E-state index is 0.0760. The summed E-state index contributed by atoms with van der Waals surface area (Å²) in [5.41, 5.74) is 5.68. The normalized spacial score (nSPS) is 41.2. The molecule has 0 heterocycles. The van der Waals surface area contributed by atoms with Crippen molar-refractivity contribution in [2.24, 2.45) is 23.0 Å². The van der Waals surface area contributed by atoms with Crippen LogP contribution in [-0.4, -0.2) is 17.6 Å². The molecule has 3 unspecified atom stereocenters. The molecule has 0 saturated heterocycles. The van der Waals surface area contributed by atoms with Crippen LogP contribution in [0.3, 0.4) is 0 Å². The molecule has 0 aliphatic heterocycles. The molecule has 0 aromatic carbocycles. The van der Waals surface area contributed by atoms with Crippen LogP contribution in [0.1, 0.15) is 38.5 Å². The highest BCUT2D eigenvalue weighted by Crippen LogP contribution is 2.52. The number of fused-ring (bicyclic) bond motifs is 1. The number of rotatable bonds is 3. The van der Waals surface area contributed by atoms with Gasteiger partial charge in [-0.15, -0.1) is 0 Å². The van der Waals surface area contributed by atoms with E-state index in [-0.39, 0.29) is 11.8 Å². The maximum atomic E-state index is 10.8. The fourth-order valence-corrected chi connectivity index (χ4v) is 3.18. The summed E-state index contributed by atoms with van der Waals surface area (Å²) in [6, 6.07) is 0. The average Bonchev–Trinajstić information content (AvgIpc) is 2.09. The van der Waals surface area contributed by atoms with E-state index in [0.29, 0.717) is 6.54 Å². The first kappa shape index (κ1) is 9.97. The fraction of sp³-hybridized carbons (Fsp3) is 0.909. The summed E-state index contributed by atoms with van der Waals surface area (Å²) < 4.78 is 0. The van der Waals surface area contributed by atoms with Crippen LogP contribution < -0.4 is 5.73 Å². The molecule has 0 spiro atoms. The average molecular weight is 197 g/mol. The van der Waals surface area contributed by atoms with Crippen LogP contribution in [0.15, 0.2) is 0 Å². The molecule has 3 nitrogen and oxygen atoms in total. The third kappa shape index (κ3) is 1.65. The Morgan fingerprint density at radius 3 is 2.50 bits per heavy atom. The molecule has 0 radical (unpaired) electrons. The number of carboxylic acids is 1. The zero-order valence-electron chi connectivity index (χ0n) is 8.54. The van der Waals surface area contributed by atoms with Crippen LogP contribution in [0.25, 0.3) is 0 Å². The molecule has 2 aliphatic carbocycles. The third-order valence-electron chi connectivity index (χ3n) is 4.27. The number of aliphatic carboxylic acids is 1. The van der Waals surface area contributed by atoms with Crippen LogP contribution in [0.2, 0.25) is 0 Å². The maximum absolute atomic E-state index is 10.8. The molecule has 2 aliphatic rings. The second-order valence-corrected chi connectivity index (χ2v) is 5.11.